The molecule has 8 heteroatoms. The van der Waals surface area contributed by atoms with Crippen molar-refractivity contribution in [1.29, 1.82) is 0 Å². The summed E-state index contributed by atoms with van der Waals surface area (Å²) >= 11 is 0. The second-order valence-electron chi connectivity index (χ2n) is 7.08. The highest BCUT2D eigenvalue weighted by Gasteiger charge is 2.30. The van der Waals surface area contributed by atoms with E-state index < -0.39 is 15.6 Å². The summed E-state index contributed by atoms with van der Waals surface area (Å²) in [6.07, 6.45) is 3.05. The molecule has 1 fully saturated rings. The fourth-order valence-electron chi connectivity index (χ4n) is 3.82. The summed E-state index contributed by atoms with van der Waals surface area (Å²) in [7, 11) is -3.70. The molecule has 0 saturated carbocycles. The number of nitrogens with zero attached hydrogens (tertiary/aromatic N) is 3. The van der Waals surface area contributed by atoms with Gasteiger partial charge in [-0.2, -0.15) is 4.31 Å². The quantitative estimate of drug-likeness (QED) is 0.692. The van der Waals surface area contributed by atoms with Crippen LogP contribution in [0.5, 0.6) is 0 Å². The second-order valence-corrected chi connectivity index (χ2v) is 9.01. The number of carbonyl (C=O) groups is 1. The average Bonchev–Trinajstić information content (AvgIpc) is 3.21. The average molecular weight is 418 g/mol. The van der Waals surface area contributed by atoms with Gasteiger partial charge >= 0.3 is 0 Å². The van der Waals surface area contributed by atoms with Gasteiger partial charge in [0.15, 0.2) is 0 Å². The van der Waals surface area contributed by atoms with Crippen LogP contribution >= 0.6 is 0 Å². The molecule has 0 bridgehead atoms. The fourth-order valence-corrected chi connectivity index (χ4v) is 5.30. The van der Waals surface area contributed by atoms with E-state index in [1.54, 1.807) is 18.7 Å². The van der Waals surface area contributed by atoms with Gasteiger partial charge in [0.25, 0.3) is 5.56 Å². The van der Waals surface area contributed by atoms with Gasteiger partial charge in [-0.25, -0.2) is 8.42 Å². The molecule has 0 radical (unpaired) electrons. The van der Waals surface area contributed by atoms with E-state index in [1.807, 2.05) is 30.3 Å². The van der Waals surface area contributed by atoms with Crippen LogP contribution in [0.15, 0.2) is 58.4 Å². The first kappa shape index (κ1) is 21.3. The van der Waals surface area contributed by atoms with E-state index in [0.717, 1.165) is 18.4 Å². The van der Waals surface area contributed by atoms with E-state index in [-0.39, 0.29) is 23.4 Å². The smallest absolute Gasteiger partial charge is 0.251 e. The highest BCUT2D eigenvalue weighted by Crippen LogP contribution is 2.31. The number of hydrogen-bond acceptors (Lipinski definition) is 4. The molecular formula is C21H27N3O4S. The monoisotopic (exact) mass is 417 g/mol. The van der Waals surface area contributed by atoms with Gasteiger partial charge < -0.3 is 9.47 Å². The molecular weight excluding hydrogens is 390 g/mol. The van der Waals surface area contributed by atoms with Crippen LogP contribution in [-0.2, 0) is 21.4 Å². The minimum Gasteiger partial charge on any atom is -0.334 e. The molecule has 2 aromatic rings. The number of carbonyl (C=O) groups excluding carboxylic acids is 1. The third-order valence-electron chi connectivity index (χ3n) is 5.36. The maximum atomic E-state index is 13.0. The molecule has 156 valence electrons. The van der Waals surface area contributed by atoms with Crippen LogP contribution in [0.1, 0.15) is 38.3 Å². The zero-order valence-corrected chi connectivity index (χ0v) is 17.6. The number of benzene rings is 1. The van der Waals surface area contributed by atoms with Gasteiger partial charge in [-0.15, -0.1) is 0 Å². The maximum Gasteiger partial charge on any atom is 0.251 e. The molecule has 1 saturated heterocycles. The Hall–Kier alpha value is -2.45. The van der Waals surface area contributed by atoms with Crippen LogP contribution in [0.4, 0.5) is 0 Å². The van der Waals surface area contributed by atoms with Crippen molar-refractivity contribution in [1.82, 2.24) is 13.8 Å². The van der Waals surface area contributed by atoms with Crippen LogP contribution in [-0.4, -0.2) is 47.7 Å². The van der Waals surface area contributed by atoms with Crippen molar-refractivity contribution in [3.63, 3.8) is 0 Å². The molecule has 29 heavy (non-hydrogen) atoms. The lowest BCUT2D eigenvalue weighted by Crippen LogP contribution is -2.36. The molecule has 1 aliphatic heterocycles. The molecule has 0 N–H and O–H groups in total. The Labute approximate surface area is 171 Å². The molecule has 7 nitrogen and oxygen atoms in total. The van der Waals surface area contributed by atoms with Crippen LogP contribution < -0.4 is 5.56 Å². The van der Waals surface area contributed by atoms with Crippen LogP contribution in [0, 0.1) is 0 Å². The maximum absolute atomic E-state index is 13.0. The van der Waals surface area contributed by atoms with Gasteiger partial charge in [-0.3, -0.25) is 9.59 Å². The van der Waals surface area contributed by atoms with Crippen molar-refractivity contribution < 1.29 is 13.2 Å². The third-order valence-corrected chi connectivity index (χ3v) is 7.40. The highest BCUT2D eigenvalue weighted by molar-refractivity contribution is 7.89. The summed E-state index contributed by atoms with van der Waals surface area (Å²) in [6, 6.07) is 12.3. The third kappa shape index (κ3) is 4.43. The number of sulfonamides is 1. The largest absolute Gasteiger partial charge is 0.334 e. The van der Waals surface area contributed by atoms with Crippen LogP contribution in [0.2, 0.25) is 0 Å². The molecule has 1 aromatic carbocycles. The fraction of sp³-hybridized carbons (Fsp3) is 0.429. The molecule has 0 unspecified atom stereocenters. The van der Waals surface area contributed by atoms with Gasteiger partial charge in [0.05, 0.1) is 10.9 Å². The Balaban J connectivity index is 1.85. The first-order valence-electron chi connectivity index (χ1n) is 9.93. The highest BCUT2D eigenvalue weighted by atomic mass is 32.2. The lowest BCUT2D eigenvalue weighted by atomic mass is 10.0. The van der Waals surface area contributed by atoms with Crippen molar-refractivity contribution in [3.8, 4) is 0 Å². The normalized spacial score (nSPS) is 17.1. The van der Waals surface area contributed by atoms with Gasteiger partial charge in [0.2, 0.25) is 15.9 Å². The Kier molecular flexibility index (Phi) is 6.54. The van der Waals surface area contributed by atoms with Gasteiger partial charge in [-0.1, -0.05) is 44.2 Å². The summed E-state index contributed by atoms with van der Waals surface area (Å²) in [5.74, 6) is -0.184. The number of pyridine rings is 1. The van der Waals surface area contributed by atoms with Crippen molar-refractivity contribution in [2.45, 2.75) is 44.2 Å². The molecule has 1 amide bonds. The molecule has 0 aliphatic carbocycles. The van der Waals surface area contributed by atoms with Crippen molar-refractivity contribution in [2.75, 3.05) is 19.6 Å². The Morgan fingerprint density at radius 2 is 1.79 bits per heavy atom. The lowest BCUT2D eigenvalue weighted by molar-refractivity contribution is -0.132. The van der Waals surface area contributed by atoms with Gasteiger partial charge in [-0.05, 0) is 24.5 Å². The van der Waals surface area contributed by atoms with Crippen molar-refractivity contribution in [3.05, 3.63) is 64.6 Å². The molecule has 2 heterocycles. The minimum absolute atomic E-state index is 0.0120. The summed E-state index contributed by atoms with van der Waals surface area (Å²) in [6.45, 7) is 4.65. The molecule has 0 spiro atoms. The van der Waals surface area contributed by atoms with Gasteiger partial charge in [0, 0.05) is 31.9 Å². The Morgan fingerprint density at radius 1 is 1.10 bits per heavy atom. The second kappa shape index (κ2) is 8.92. The zero-order chi connectivity index (χ0) is 21.0. The van der Waals surface area contributed by atoms with Gasteiger partial charge in [0.1, 0.15) is 6.54 Å². The number of hydrogen-bond donors (Lipinski definition) is 0. The lowest BCUT2D eigenvalue weighted by Gasteiger charge is -2.25. The Morgan fingerprint density at radius 3 is 2.45 bits per heavy atom. The van der Waals surface area contributed by atoms with Crippen LogP contribution in [0.3, 0.4) is 0 Å². The first-order chi connectivity index (χ1) is 13.9. The van der Waals surface area contributed by atoms with E-state index in [0.29, 0.717) is 19.6 Å². The predicted octanol–water partition coefficient (Wildman–Crippen LogP) is 2.24. The standard InChI is InChI=1S/C21H27N3O4S/c1-3-23(4-2)29(27,28)18-12-13-20(25)22(15-18)16-21(26)24-14-8-11-19(24)17-9-6-5-7-10-17/h5-7,9-10,12-13,15,19H,3-4,8,11,14,16H2,1-2H3/t19-/m1/s1. The summed E-state index contributed by atoms with van der Waals surface area (Å²) in [5.41, 5.74) is 0.677. The molecule has 1 atom stereocenters. The van der Waals surface area contributed by atoms with E-state index in [1.165, 1.54) is 27.2 Å². The number of amides is 1. The zero-order valence-electron chi connectivity index (χ0n) is 16.8. The van der Waals surface area contributed by atoms with Crippen molar-refractivity contribution >= 4 is 15.9 Å². The topological polar surface area (TPSA) is 79.7 Å². The van der Waals surface area contributed by atoms with E-state index in [2.05, 4.69) is 0 Å². The molecule has 3 rings (SSSR count). The summed E-state index contributed by atoms with van der Waals surface area (Å²) < 4.78 is 28.0. The summed E-state index contributed by atoms with van der Waals surface area (Å²) in [4.78, 5) is 27.1. The van der Waals surface area contributed by atoms with E-state index in [9.17, 15) is 18.0 Å². The van der Waals surface area contributed by atoms with E-state index >= 15 is 0 Å². The molecule has 1 aliphatic rings. The van der Waals surface area contributed by atoms with Crippen LogP contribution in [0.25, 0.3) is 0 Å². The molecule has 1 aromatic heterocycles. The minimum atomic E-state index is -3.70. The predicted molar refractivity (Wildman–Crippen MR) is 111 cm³/mol. The van der Waals surface area contributed by atoms with Crippen molar-refractivity contribution in [2.24, 2.45) is 0 Å². The Bertz CT molecular complexity index is 1010. The first-order valence-corrected chi connectivity index (χ1v) is 11.4. The summed E-state index contributed by atoms with van der Waals surface area (Å²) in [5, 5.41) is 0. The number of rotatable bonds is 7. The SMILES string of the molecule is CCN(CC)S(=O)(=O)c1ccc(=O)n(CC(=O)N2CCC[C@@H]2c2ccccc2)c1. The number of likely N-dealkylation sites (tertiary alicyclic amines) is 1. The number of aromatic nitrogens is 1. The van der Waals surface area contributed by atoms with E-state index in [4.69, 9.17) is 0 Å².